The molecule has 0 N–H and O–H groups in total. The Morgan fingerprint density at radius 1 is 1.46 bits per heavy atom. The predicted octanol–water partition coefficient (Wildman–Crippen LogP) is 5.19. The number of halogens is 1. The van der Waals surface area contributed by atoms with Gasteiger partial charge in [-0.05, 0) is 50.1 Å². The van der Waals surface area contributed by atoms with Gasteiger partial charge in [-0.1, -0.05) is 34.2 Å². The van der Waals surface area contributed by atoms with Crippen LogP contribution in [0, 0.1) is 22.7 Å². The number of nitrogens with zero attached hydrogens (tertiary/aromatic N) is 2. The van der Waals surface area contributed by atoms with E-state index in [0.717, 1.165) is 34.2 Å². The van der Waals surface area contributed by atoms with E-state index in [2.05, 4.69) is 45.2 Å². The van der Waals surface area contributed by atoms with Gasteiger partial charge >= 0.3 is 0 Å². The zero-order valence-corrected chi connectivity index (χ0v) is 15.4. The molecule has 0 amide bonds. The SMILES string of the molecule is CC(C)(C#N)C1C=CC=C2Oc3ncccc3C(=CCCBr)C=C21. The fourth-order valence-corrected chi connectivity index (χ4v) is 3.21. The average Bonchev–Trinajstić information content (AvgIpc) is 2.75. The van der Waals surface area contributed by atoms with Gasteiger partial charge in [-0.25, -0.2) is 4.98 Å². The molecule has 4 heteroatoms. The van der Waals surface area contributed by atoms with Gasteiger partial charge in [0, 0.05) is 28.6 Å². The Hall–Kier alpha value is -2.12. The fourth-order valence-electron chi connectivity index (χ4n) is 2.98. The lowest BCUT2D eigenvalue weighted by atomic mass is 9.73. The van der Waals surface area contributed by atoms with Crippen LogP contribution in [0.5, 0.6) is 5.88 Å². The van der Waals surface area contributed by atoms with E-state index in [1.165, 1.54) is 0 Å². The number of ether oxygens (including phenoxy) is 1. The largest absolute Gasteiger partial charge is 0.438 e. The van der Waals surface area contributed by atoms with E-state index >= 15 is 0 Å². The number of fused-ring (bicyclic) bond motifs is 2. The van der Waals surface area contributed by atoms with Crippen molar-refractivity contribution < 1.29 is 4.74 Å². The summed E-state index contributed by atoms with van der Waals surface area (Å²) in [6, 6.07) is 6.37. The first-order chi connectivity index (χ1) is 11.6. The lowest BCUT2D eigenvalue weighted by Crippen LogP contribution is -2.25. The van der Waals surface area contributed by atoms with Crippen LogP contribution in [-0.2, 0) is 0 Å². The zero-order chi connectivity index (χ0) is 17.2. The minimum atomic E-state index is -0.518. The molecule has 2 heterocycles. The van der Waals surface area contributed by atoms with Crippen molar-refractivity contribution in [3.8, 4) is 11.9 Å². The summed E-state index contributed by atoms with van der Waals surface area (Å²) in [5.41, 5.74) is 2.58. The molecular formula is C20H19BrN2O. The van der Waals surface area contributed by atoms with E-state index < -0.39 is 5.41 Å². The third-order valence-electron chi connectivity index (χ3n) is 4.31. The minimum absolute atomic E-state index is 0.0239. The molecule has 0 bridgehead atoms. The Labute approximate surface area is 151 Å². The van der Waals surface area contributed by atoms with Gasteiger partial charge in [-0.15, -0.1) is 0 Å². The Morgan fingerprint density at radius 2 is 2.29 bits per heavy atom. The monoisotopic (exact) mass is 382 g/mol. The minimum Gasteiger partial charge on any atom is -0.438 e. The van der Waals surface area contributed by atoms with Gasteiger partial charge < -0.3 is 4.74 Å². The molecule has 0 fully saturated rings. The van der Waals surface area contributed by atoms with Crippen molar-refractivity contribution in [1.82, 2.24) is 4.98 Å². The summed E-state index contributed by atoms with van der Waals surface area (Å²) in [5, 5.41) is 10.5. The normalized spacial score (nSPS) is 20.9. The number of pyridine rings is 1. The summed E-state index contributed by atoms with van der Waals surface area (Å²) in [6.07, 6.45) is 13.0. The molecule has 1 aliphatic carbocycles. The van der Waals surface area contributed by atoms with Crippen LogP contribution in [0.2, 0.25) is 0 Å². The molecule has 0 radical (unpaired) electrons. The summed E-state index contributed by atoms with van der Waals surface area (Å²) in [6.45, 7) is 3.92. The molecule has 3 nitrogen and oxygen atoms in total. The molecule has 122 valence electrons. The van der Waals surface area contributed by atoms with Crippen LogP contribution < -0.4 is 4.74 Å². The number of hydrogen-bond donors (Lipinski definition) is 0. The van der Waals surface area contributed by atoms with Gasteiger partial charge in [0.25, 0.3) is 0 Å². The summed E-state index contributed by atoms with van der Waals surface area (Å²) >= 11 is 3.48. The second-order valence-electron chi connectivity index (χ2n) is 6.42. The number of hydrogen-bond acceptors (Lipinski definition) is 3. The van der Waals surface area contributed by atoms with E-state index in [1.807, 2.05) is 38.1 Å². The summed E-state index contributed by atoms with van der Waals surface area (Å²) in [4.78, 5) is 4.40. The average molecular weight is 383 g/mol. The first-order valence-corrected chi connectivity index (χ1v) is 9.10. The second kappa shape index (κ2) is 6.78. The highest BCUT2D eigenvalue weighted by molar-refractivity contribution is 9.09. The topological polar surface area (TPSA) is 45.9 Å². The Balaban J connectivity index is 2.16. The molecule has 1 atom stereocenters. The third-order valence-corrected chi connectivity index (χ3v) is 4.77. The molecule has 1 unspecified atom stereocenters. The highest BCUT2D eigenvalue weighted by Gasteiger charge is 2.35. The smallest absolute Gasteiger partial charge is 0.227 e. The van der Waals surface area contributed by atoms with Crippen molar-refractivity contribution in [1.29, 1.82) is 5.26 Å². The van der Waals surface area contributed by atoms with Crippen molar-refractivity contribution in [2.75, 3.05) is 5.33 Å². The van der Waals surface area contributed by atoms with Crippen molar-refractivity contribution >= 4 is 21.5 Å². The van der Waals surface area contributed by atoms with E-state index in [4.69, 9.17) is 4.74 Å². The standard InChI is InChI=1S/C20H19BrN2O/c1-20(2,13-22)17-8-3-9-18-16(17)12-14(6-4-10-21)15-7-5-11-23-19(15)24-18/h3,5-9,11-12,17H,4,10H2,1-2H3. The van der Waals surface area contributed by atoms with Crippen LogP contribution in [0.3, 0.4) is 0 Å². The molecule has 1 aromatic heterocycles. The van der Waals surface area contributed by atoms with Gasteiger partial charge in [0.05, 0.1) is 11.5 Å². The predicted molar refractivity (Wildman–Crippen MR) is 99.4 cm³/mol. The Morgan fingerprint density at radius 3 is 3.04 bits per heavy atom. The molecule has 24 heavy (non-hydrogen) atoms. The first kappa shape index (κ1) is 16.7. The zero-order valence-electron chi connectivity index (χ0n) is 13.8. The molecular weight excluding hydrogens is 364 g/mol. The molecule has 1 aromatic rings. The van der Waals surface area contributed by atoms with Crippen molar-refractivity contribution in [3.63, 3.8) is 0 Å². The third kappa shape index (κ3) is 3.09. The molecule has 0 saturated carbocycles. The van der Waals surface area contributed by atoms with E-state index in [-0.39, 0.29) is 5.92 Å². The van der Waals surface area contributed by atoms with Crippen LogP contribution in [0.25, 0.3) is 5.57 Å². The molecule has 2 aliphatic rings. The lowest BCUT2D eigenvalue weighted by Gasteiger charge is -2.30. The molecule has 3 rings (SSSR count). The number of nitriles is 1. The maximum absolute atomic E-state index is 9.58. The second-order valence-corrected chi connectivity index (χ2v) is 7.21. The van der Waals surface area contributed by atoms with Crippen LogP contribution in [0.15, 0.2) is 60.0 Å². The number of aromatic nitrogens is 1. The maximum Gasteiger partial charge on any atom is 0.227 e. The number of rotatable bonds is 3. The van der Waals surface area contributed by atoms with Crippen LogP contribution in [0.4, 0.5) is 0 Å². The highest BCUT2D eigenvalue weighted by atomic mass is 79.9. The van der Waals surface area contributed by atoms with Crippen LogP contribution in [-0.4, -0.2) is 10.3 Å². The van der Waals surface area contributed by atoms with Crippen molar-refractivity contribution in [2.24, 2.45) is 11.3 Å². The van der Waals surface area contributed by atoms with Crippen LogP contribution >= 0.6 is 15.9 Å². The number of alkyl halides is 1. The molecule has 0 saturated heterocycles. The van der Waals surface area contributed by atoms with E-state index in [1.54, 1.807) is 6.20 Å². The van der Waals surface area contributed by atoms with Gasteiger partial charge in [-0.2, -0.15) is 5.26 Å². The maximum atomic E-state index is 9.58. The van der Waals surface area contributed by atoms with Gasteiger partial charge in [0.1, 0.15) is 5.76 Å². The molecule has 0 aromatic carbocycles. The van der Waals surface area contributed by atoms with Crippen molar-refractivity contribution in [2.45, 2.75) is 20.3 Å². The Bertz CT molecular complexity index is 809. The summed E-state index contributed by atoms with van der Waals surface area (Å²) in [5.74, 6) is 1.36. The molecule has 1 aliphatic heterocycles. The Kier molecular flexibility index (Phi) is 4.73. The van der Waals surface area contributed by atoms with E-state index in [0.29, 0.717) is 5.88 Å². The highest BCUT2D eigenvalue weighted by Crippen LogP contribution is 2.43. The lowest BCUT2D eigenvalue weighted by molar-refractivity contribution is 0.355. The first-order valence-electron chi connectivity index (χ1n) is 7.98. The number of allylic oxidation sites excluding steroid dienone is 7. The van der Waals surface area contributed by atoms with Gasteiger partial charge in [0.15, 0.2) is 0 Å². The van der Waals surface area contributed by atoms with Gasteiger partial charge in [0.2, 0.25) is 5.88 Å². The van der Waals surface area contributed by atoms with Crippen molar-refractivity contribution in [3.05, 3.63) is 65.6 Å². The molecule has 0 spiro atoms. The summed E-state index contributed by atoms with van der Waals surface area (Å²) < 4.78 is 6.11. The quantitative estimate of drug-likeness (QED) is 0.675. The van der Waals surface area contributed by atoms with Crippen LogP contribution in [0.1, 0.15) is 25.8 Å². The van der Waals surface area contributed by atoms with Gasteiger partial charge in [-0.3, -0.25) is 0 Å². The summed E-state index contributed by atoms with van der Waals surface area (Å²) in [7, 11) is 0. The van der Waals surface area contributed by atoms with E-state index in [9.17, 15) is 5.26 Å². The fraction of sp³-hybridized carbons (Fsp3) is 0.300.